The van der Waals surface area contributed by atoms with Gasteiger partial charge in [0.2, 0.25) is 11.8 Å². The molecule has 2 rings (SSSR count). The molecule has 1 aromatic rings. The first-order chi connectivity index (χ1) is 11.4. The van der Waals surface area contributed by atoms with Crippen LogP contribution in [0.25, 0.3) is 0 Å². The Hall–Kier alpha value is -2.08. The number of rotatable bonds is 5. The number of methoxy groups -OCH3 is 1. The van der Waals surface area contributed by atoms with E-state index in [0.29, 0.717) is 13.1 Å². The molecule has 3 atom stereocenters. The molecule has 24 heavy (non-hydrogen) atoms. The van der Waals surface area contributed by atoms with Gasteiger partial charge < -0.3 is 19.7 Å². The highest BCUT2D eigenvalue weighted by molar-refractivity contribution is 5.79. The largest absolute Gasteiger partial charge is 0.497 e. The Balaban J connectivity index is 2.09. The van der Waals surface area contributed by atoms with E-state index in [1.807, 2.05) is 43.0 Å². The van der Waals surface area contributed by atoms with Crippen LogP contribution in [0.4, 0.5) is 0 Å². The third-order valence-corrected chi connectivity index (χ3v) is 4.05. The zero-order valence-electron chi connectivity index (χ0n) is 14.7. The summed E-state index contributed by atoms with van der Waals surface area (Å²) in [4.78, 5) is 26.0. The van der Waals surface area contributed by atoms with Gasteiger partial charge in [0.25, 0.3) is 0 Å². The quantitative estimate of drug-likeness (QED) is 0.893. The van der Waals surface area contributed by atoms with Crippen molar-refractivity contribution in [3.05, 3.63) is 29.8 Å². The molecule has 1 saturated heterocycles. The molecule has 1 aliphatic rings. The first kappa shape index (κ1) is 18.3. The zero-order valence-corrected chi connectivity index (χ0v) is 14.7. The Morgan fingerprint density at radius 3 is 2.33 bits per heavy atom. The van der Waals surface area contributed by atoms with Gasteiger partial charge in [-0.25, -0.2) is 0 Å². The fourth-order valence-electron chi connectivity index (χ4n) is 3.02. The number of morpholine rings is 1. The van der Waals surface area contributed by atoms with Crippen LogP contribution in [0.3, 0.4) is 0 Å². The zero-order chi connectivity index (χ0) is 17.7. The topological polar surface area (TPSA) is 67.9 Å². The van der Waals surface area contributed by atoms with Crippen molar-refractivity contribution in [1.29, 1.82) is 0 Å². The van der Waals surface area contributed by atoms with E-state index in [2.05, 4.69) is 5.32 Å². The minimum Gasteiger partial charge on any atom is -0.497 e. The molecule has 0 bridgehead atoms. The Morgan fingerprint density at radius 2 is 1.83 bits per heavy atom. The summed E-state index contributed by atoms with van der Waals surface area (Å²) in [6.07, 6.45) is 0.279. The summed E-state index contributed by atoms with van der Waals surface area (Å²) in [6, 6.07) is 7.05. The Kier molecular flexibility index (Phi) is 6.20. The van der Waals surface area contributed by atoms with Crippen LogP contribution in [0, 0.1) is 0 Å². The normalized spacial score (nSPS) is 21.9. The number of amides is 2. The lowest BCUT2D eigenvalue weighted by molar-refractivity contribution is -0.143. The molecule has 0 saturated carbocycles. The van der Waals surface area contributed by atoms with E-state index in [-0.39, 0.29) is 36.5 Å². The molecule has 1 N–H and O–H groups in total. The number of benzene rings is 1. The summed E-state index contributed by atoms with van der Waals surface area (Å²) in [6.45, 7) is 6.55. The molecule has 0 aromatic heterocycles. The number of nitrogens with zero attached hydrogens (tertiary/aromatic N) is 1. The lowest BCUT2D eigenvalue weighted by Gasteiger charge is -2.36. The van der Waals surface area contributed by atoms with Crippen LogP contribution < -0.4 is 10.1 Å². The van der Waals surface area contributed by atoms with Crippen LogP contribution in [0.15, 0.2) is 24.3 Å². The van der Waals surface area contributed by atoms with Crippen molar-refractivity contribution in [3.8, 4) is 5.75 Å². The van der Waals surface area contributed by atoms with Gasteiger partial charge in [0, 0.05) is 20.0 Å². The fraction of sp³-hybridized carbons (Fsp3) is 0.556. The summed E-state index contributed by atoms with van der Waals surface area (Å²) in [5, 5.41) is 2.87. The number of nitrogens with one attached hydrogen (secondary N) is 1. The van der Waals surface area contributed by atoms with Crippen LogP contribution in [-0.2, 0) is 14.3 Å². The first-order valence-corrected chi connectivity index (χ1v) is 8.23. The minimum atomic E-state index is -0.352. The Bertz CT molecular complexity index is 563. The van der Waals surface area contributed by atoms with Gasteiger partial charge in [-0.2, -0.15) is 0 Å². The maximum atomic E-state index is 12.7. The van der Waals surface area contributed by atoms with Crippen LogP contribution in [0.1, 0.15) is 38.8 Å². The lowest BCUT2D eigenvalue weighted by atomic mass is 10.0. The number of hydrogen-bond donors (Lipinski definition) is 1. The monoisotopic (exact) mass is 334 g/mol. The fourth-order valence-corrected chi connectivity index (χ4v) is 3.02. The summed E-state index contributed by atoms with van der Waals surface area (Å²) in [7, 11) is 1.60. The van der Waals surface area contributed by atoms with E-state index in [1.165, 1.54) is 6.92 Å². The van der Waals surface area contributed by atoms with Crippen LogP contribution in [-0.4, -0.2) is 49.1 Å². The van der Waals surface area contributed by atoms with Crippen molar-refractivity contribution >= 4 is 11.8 Å². The average Bonchev–Trinajstić information content (AvgIpc) is 2.53. The summed E-state index contributed by atoms with van der Waals surface area (Å²) in [5.74, 6) is 0.599. The predicted molar refractivity (Wildman–Crippen MR) is 90.8 cm³/mol. The number of carbonyl (C=O) groups excluding carboxylic acids is 2. The second kappa shape index (κ2) is 8.15. The van der Waals surface area contributed by atoms with E-state index in [1.54, 1.807) is 7.11 Å². The van der Waals surface area contributed by atoms with Crippen molar-refractivity contribution in [2.75, 3.05) is 20.2 Å². The highest BCUT2D eigenvalue weighted by Crippen LogP contribution is 2.22. The van der Waals surface area contributed by atoms with Gasteiger partial charge in [0.05, 0.1) is 31.8 Å². The summed E-state index contributed by atoms with van der Waals surface area (Å²) < 4.78 is 10.8. The first-order valence-electron chi connectivity index (χ1n) is 8.23. The average molecular weight is 334 g/mol. The number of hydrogen-bond acceptors (Lipinski definition) is 4. The van der Waals surface area contributed by atoms with Crippen molar-refractivity contribution in [2.45, 2.75) is 45.4 Å². The second-order valence-electron chi connectivity index (χ2n) is 6.29. The van der Waals surface area contributed by atoms with Crippen LogP contribution >= 0.6 is 0 Å². The van der Waals surface area contributed by atoms with Crippen molar-refractivity contribution < 1.29 is 19.1 Å². The van der Waals surface area contributed by atoms with E-state index in [9.17, 15) is 9.59 Å². The van der Waals surface area contributed by atoms with E-state index >= 15 is 0 Å². The van der Waals surface area contributed by atoms with E-state index in [4.69, 9.17) is 9.47 Å². The maximum absolute atomic E-state index is 12.7. The molecule has 1 heterocycles. The van der Waals surface area contributed by atoms with Crippen molar-refractivity contribution in [1.82, 2.24) is 10.2 Å². The molecule has 1 fully saturated rings. The van der Waals surface area contributed by atoms with E-state index < -0.39 is 0 Å². The van der Waals surface area contributed by atoms with Gasteiger partial charge in [-0.05, 0) is 31.5 Å². The number of ether oxygens (including phenoxy) is 2. The summed E-state index contributed by atoms with van der Waals surface area (Å²) in [5.41, 5.74) is 0.883. The molecular formula is C18H26N2O4. The Labute approximate surface area is 143 Å². The van der Waals surface area contributed by atoms with Gasteiger partial charge in [-0.1, -0.05) is 12.1 Å². The van der Waals surface area contributed by atoms with Gasteiger partial charge >= 0.3 is 0 Å². The van der Waals surface area contributed by atoms with Crippen molar-refractivity contribution in [3.63, 3.8) is 0 Å². The van der Waals surface area contributed by atoms with Gasteiger partial charge in [-0.15, -0.1) is 0 Å². The molecule has 6 heteroatoms. The third kappa shape index (κ3) is 4.96. The standard InChI is InChI=1S/C18H26N2O4/c1-12-10-20(11-13(2)24-12)18(22)9-17(19-14(3)21)15-5-7-16(23-4)8-6-15/h5-8,12-13,17H,9-11H2,1-4H3,(H,19,21). The molecule has 1 aliphatic heterocycles. The minimum absolute atomic E-state index is 0.0200. The highest BCUT2D eigenvalue weighted by atomic mass is 16.5. The van der Waals surface area contributed by atoms with Crippen LogP contribution in [0.5, 0.6) is 5.75 Å². The van der Waals surface area contributed by atoms with E-state index in [0.717, 1.165) is 11.3 Å². The molecule has 3 unspecified atom stereocenters. The lowest BCUT2D eigenvalue weighted by Crippen LogP contribution is -2.49. The molecule has 0 spiro atoms. The maximum Gasteiger partial charge on any atom is 0.225 e. The molecule has 0 aliphatic carbocycles. The van der Waals surface area contributed by atoms with Gasteiger partial charge in [-0.3, -0.25) is 9.59 Å². The molecule has 1 aromatic carbocycles. The molecule has 0 radical (unpaired) electrons. The molecule has 6 nitrogen and oxygen atoms in total. The predicted octanol–water partition coefficient (Wildman–Crippen LogP) is 1.90. The molecule has 2 amide bonds. The second-order valence-corrected chi connectivity index (χ2v) is 6.29. The molecular weight excluding hydrogens is 308 g/mol. The Morgan fingerprint density at radius 1 is 1.25 bits per heavy atom. The summed E-state index contributed by atoms with van der Waals surface area (Å²) >= 11 is 0. The number of carbonyl (C=O) groups is 2. The smallest absolute Gasteiger partial charge is 0.225 e. The SMILES string of the molecule is COc1ccc(C(CC(=O)N2CC(C)OC(C)C2)NC(C)=O)cc1. The van der Waals surface area contributed by atoms with Crippen molar-refractivity contribution in [2.24, 2.45) is 0 Å². The highest BCUT2D eigenvalue weighted by Gasteiger charge is 2.28. The van der Waals surface area contributed by atoms with Gasteiger partial charge in [0.1, 0.15) is 5.75 Å². The van der Waals surface area contributed by atoms with Gasteiger partial charge in [0.15, 0.2) is 0 Å². The third-order valence-electron chi connectivity index (χ3n) is 4.05. The van der Waals surface area contributed by atoms with Crippen LogP contribution in [0.2, 0.25) is 0 Å². The molecule has 132 valence electrons.